The van der Waals surface area contributed by atoms with Crippen LogP contribution in [0.4, 0.5) is 4.39 Å². The lowest BCUT2D eigenvalue weighted by atomic mass is 10.2. The third-order valence-electron chi connectivity index (χ3n) is 1.94. The van der Waals surface area contributed by atoms with Gasteiger partial charge in [-0.25, -0.2) is 4.39 Å². The molecule has 0 amide bonds. The molecule has 0 saturated carbocycles. The van der Waals surface area contributed by atoms with Crippen LogP contribution in [-0.4, -0.2) is 10.2 Å². The molecule has 0 radical (unpaired) electrons. The number of aromatic nitrogens is 2. The molecule has 84 valence electrons. The highest BCUT2D eigenvalue weighted by Crippen LogP contribution is 2.27. The zero-order chi connectivity index (χ0) is 11.5. The molecule has 0 atom stereocenters. The van der Waals surface area contributed by atoms with Crippen molar-refractivity contribution >= 4 is 11.3 Å². The number of aryl methyl sites for hydroxylation is 1. The summed E-state index contributed by atoms with van der Waals surface area (Å²) in [6.45, 7) is 2.10. The maximum absolute atomic E-state index is 13.5. The average molecular weight is 239 g/mol. The molecule has 16 heavy (non-hydrogen) atoms. The molecule has 0 aliphatic rings. The van der Waals surface area contributed by atoms with Crippen molar-refractivity contribution in [2.45, 2.75) is 13.5 Å². The van der Waals surface area contributed by atoms with Crippen molar-refractivity contribution in [3.05, 3.63) is 34.6 Å². The highest BCUT2D eigenvalue weighted by Gasteiger charge is 2.08. The topological polar surface area (TPSA) is 61.0 Å². The minimum Gasteiger partial charge on any atom is -0.427 e. The summed E-state index contributed by atoms with van der Waals surface area (Å²) in [7, 11) is 0. The molecule has 0 saturated heterocycles. The number of rotatable bonds is 3. The molecule has 1 aromatic heterocycles. The largest absolute Gasteiger partial charge is 0.427 e. The molecule has 0 spiro atoms. The minimum absolute atomic E-state index is 0.133. The fourth-order valence-corrected chi connectivity index (χ4v) is 1.72. The van der Waals surface area contributed by atoms with E-state index in [1.165, 1.54) is 23.5 Å². The van der Waals surface area contributed by atoms with Crippen LogP contribution < -0.4 is 10.5 Å². The van der Waals surface area contributed by atoms with E-state index in [1.54, 1.807) is 13.0 Å². The Morgan fingerprint density at radius 1 is 1.44 bits per heavy atom. The molecule has 0 bridgehead atoms. The monoisotopic (exact) mass is 239 g/mol. The predicted octanol–water partition coefficient (Wildman–Crippen LogP) is 2.24. The van der Waals surface area contributed by atoms with Gasteiger partial charge in [0, 0.05) is 6.54 Å². The van der Waals surface area contributed by atoms with Gasteiger partial charge in [0.1, 0.15) is 5.01 Å². The third kappa shape index (κ3) is 2.34. The van der Waals surface area contributed by atoms with Crippen LogP contribution in [0, 0.1) is 12.7 Å². The van der Waals surface area contributed by atoms with Crippen molar-refractivity contribution in [1.29, 1.82) is 0 Å². The van der Waals surface area contributed by atoms with Crippen molar-refractivity contribution < 1.29 is 9.13 Å². The first-order valence-corrected chi connectivity index (χ1v) is 5.47. The Balaban J connectivity index is 2.21. The lowest BCUT2D eigenvalue weighted by Gasteiger charge is -2.03. The van der Waals surface area contributed by atoms with E-state index >= 15 is 0 Å². The van der Waals surface area contributed by atoms with E-state index in [2.05, 4.69) is 10.2 Å². The summed E-state index contributed by atoms with van der Waals surface area (Å²) in [6.07, 6.45) is 0. The van der Waals surface area contributed by atoms with Gasteiger partial charge in [-0.05, 0) is 24.6 Å². The molecule has 2 N–H and O–H groups in total. The Morgan fingerprint density at radius 3 is 2.81 bits per heavy atom. The summed E-state index contributed by atoms with van der Waals surface area (Å²) in [4.78, 5) is 0. The van der Waals surface area contributed by atoms with Crippen LogP contribution in [-0.2, 0) is 6.54 Å². The van der Waals surface area contributed by atoms with Gasteiger partial charge in [-0.2, -0.15) is 0 Å². The molecule has 6 heteroatoms. The predicted molar refractivity (Wildman–Crippen MR) is 59.0 cm³/mol. The van der Waals surface area contributed by atoms with Gasteiger partial charge < -0.3 is 10.5 Å². The van der Waals surface area contributed by atoms with Crippen molar-refractivity contribution in [1.82, 2.24) is 10.2 Å². The summed E-state index contributed by atoms with van der Waals surface area (Å²) in [5.74, 6) is -0.316. The second kappa shape index (κ2) is 4.54. The standard InChI is InChI=1S/C10H10FN3OS/c1-6-13-14-10(16-6)15-9-3-2-7(5-12)4-8(9)11/h2-4H,5,12H2,1H3. The lowest BCUT2D eigenvalue weighted by molar-refractivity contribution is 0.435. The molecule has 0 aliphatic heterocycles. The molecule has 2 rings (SSSR count). The molecule has 2 aromatic rings. The molecule has 1 aromatic carbocycles. The summed E-state index contributed by atoms with van der Waals surface area (Å²) >= 11 is 1.27. The first-order chi connectivity index (χ1) is 7.69. The van der Waals surface area contributed by atoms with Crippen molar-refractivity contribution in [3.8, 4) is 10.9 Å². The van der Waals surface area contributed by atoms with Gasteiger partial charge in [-0.15, -0.1) is 5.10 Å². The zero-order valence-corrected chi connectivity index (χ0v) is 9.42. The number of hydrogen-bond acceptors (Lipinski definition) is 5. The maximum Gasteiger partial charge on any atom is 0.299 e. The van der Waals surface area contributed by atoms with Gasteiger partial charge in [0.05, 0.1) is 0 Å². The number of halogens is 1. The molecule has 1 heterocycles. The molecule has 0 aliphatic carbocycles. The number of nitrogens with two attached hydrogens (primary N) is 1. The van der Waals surface area contributed by atoms with E-state index in [0.717, 1.165) is 10.6 Å². The molecular formula is C10H10FN3OS. The Morgan fingerprint density at radius 2 is 2.25 bits per heavy atom. The molecule has 0 fully saturated rings. The van der Waals surface area contributed by atoms with Crippen LogP contribution in [0.3, 0.4) is 0 Å². The van der Waals surface area contributed by atoms with Gasteiger partial charge in [0.2, 0.25) is 0 Å². The highest BCUT2D eigenvalue weighted by atomic mass is 32.1. The van der Waals surface area contributed by atoms with Crippen LogP contribution in [0.25, 0.3) is 0 Å². The minimum atomic E-state index is -0.448. The summed E-state index contributed by atoms with van der Waals surface area (Å²) < 4.78 is 18.8. The molecular weight excluding hydrogens is 229 g/mol. The zero-order valence-electron chi connectivity index (χ0n) is 8.61. The smallest absolute Gasteiger partial charge is 0.299 e. The van der Waals surface area contributed by atoms with Crippen molar-refractivity contribution in [3.63, 3.8) is 0 Å². The van der Waals surface area contributed by atoms with Gasteiger partial charge in [0.25, 0.3) is 5.19 Å². The van der Waals surface area contributed by atoms with Gasteiger partial charge in [0.15, 0.2) is 11.6 Å². The van der Waals surface area contributed by atoms with Crippen LogP contribution in [0.2, 0.25) is 0 Å². The van der Waals surface area contributed by atoms with Crippen LogP contribution in [0.5, 0.6) is 10.9 Å². The van der Waals surface area contributed by atoms with E-state index in [1.807, 2.05) is 0 Å². The quantitative estimate of drug-likeness (QED) is 0.892. The van der Waals surface area contributed by atoms with Crippen LogP contribution >= 0.6 is 11.3 Å². The summed E-state index contributed by atoms with van der Waals surface area (Å²) in [5.41, 5.74) is 6.12. The van der Waals surface area contributed by atoms with E-state index in [4.69, 9.17) is 10.5 Å². The van der Waals surface area contributed by atoms with E-state index in [-0.39, 0.29) is 5.75 Å². The Labute approximate surface area is 95.9 Å². The normalized spacial score (nSPS) is 10.4. The Hall–Kier alpha value is -1.53. The average Bonchev–Trinajstić information content (AvgIpc) is 2.67. The van der Waals surface area contributed by atoms with Gasteiger partial charge in [-0.1, -0.05) is 22.5 Å². The second-order valence-corrected chi connectivity index (χ2v) is 4.30. The maximum atomic E-state index is 13.5. The first kappa shape index (κ1) is 11.0. The fourth-order valence-electron chi connectivity index (χ4n) is 1.17. The number of nitrogens with zero attached hydrogens (tertiary/aromatic N) is 2. The second-order valence-electron chi connectivity index (χ2n) is 3.16. The number of ether oxygens (including phenoxy) is 1. The molecule has 0 unspecified atom stereocenters. The van der Waals surface area contributed by atoms with Crippen molar-refractivity contribution in [2.24, 2.45) is 5.73 Å². The SMILES string of the molecule is Cc1nnc(Oc2ccc(CN)cc2F)s1. The Bertz CT molecular complexity index is 501. The van der Waals surface area contributed by atoms with E-state index < -0.39 is 5.82 Å². The van der Waals surface area contributed by atoms with E-state index in [0.29, 0.717) is 11.7 Å². The van der Waals surface area contributed by atoms with Crippen molar-refractivity contribution in [2.75, 3.05) is 0 Å². The van der Waals surface area contributed by atoms with Crippen LogP contribution in [0.1, 0.15) is 10.6 Å². The number of hydrogen-bond donors (Lipinski definition) is 1. The summed E-state index contributed by atoms with van der Waals surface area (Å²) in [5, 5.41) is 8.63. The fraction of sp³-hybridized carbons (Fsp3) is 0.200. The van der Waals surface area contributed by atoms with Gasteiger partial charge in [-0.3, -0.25) is 0 Å². The van der Waals surface area contributed by atoms with Crippen LogP contribution in [0.15, 0.2) is 18.2 Å². The van der Waals surface area contributed by atoms with E-state index in [9.17, 15) is 4.39 Å². The lowest BCUT2D eigenvalue weighted by Crippen LogP contribution is -1.97. The third-order valence-corrected chi connectivity index (χ3v) is 2.65. The Kier molecular flexibility index (Phi) is 3.12. The number of benzene rings is 1. The summed E-state index contributed by atoms with van der Waals surface area (Å²) in [6, 6.07) is 4.60. The first-order valence-electron chi connectivity index (χ1n) is 4.65. The van der Waals surface area contributed by atoms with Gasteiger partial charge >= 0.3 is 0 Å². The highest BCUT2D eigenvalue weighted by molar-refractivity contribution is 7.13. The molecule has 4 nitrogen and oxygen atoms in total.